The highest BCUT2D eigenvalue weighted by Crippen LogP contribution is 2.38. The Morgan fingerprint density at radius 1 is 1.30 bits per heavy atom. The van der Waals surface area contributed by atoms with E-state index in [9.17, 15) is 4.79 Å². The molecule has 0 radical (unpaired) electrons. The number of carbonyl (C=O) groups is 1. The zero-order valence-electron chi connectivity index (χ0n) is 16.7. The van der Waals surface area contributed by atoms with Crippen LogP contribution in [0.5, 0.6) is 0 Å². The van der Waals surface area contributed by atoms with Crippen molar-refractivity contribution in [1.82, 2.24) is 19.8 Å². The fraction of sp³-hybridized carbons (Fsp3) is 0.286. The number of benzene rings is 1. The summed E-state index contributed by atoms with van der Waals surface area (Å²) in [5, 5.41) is 5.34. The molecule has 0 atom stereocenters. The van der Waals surface area contributed by atoms with Crippen LogP contribution < -0.4 is 5.32 Å². The van der Waals surface area contributed by atoms with Crippen molar-refractivity contribution < 1.29 is 4.79 Å². The Morgan fingerprint density at radius 2 is 2.13 bits per heavy atom. The van der Waals surface area contributed by atoms with Crippen molar-refractivity contribution in [1.29, 1.82) is 0 Å². The Hall–Kier alpha value is -2.19. The molecule has 1 amide bonds. The first-order valence-corrected chi connectivity index (χ1v) is 11.1. The van der Waals surface area contributed by atoms with Gasteiger partial charge in [-0.2, -0.15) is 0 Å². The van der Waals surface area contributed by atoms with Gasteiger partial charge in [0.25, 0.3) is 0 Å². The van der Waals surface area contributed by atoms with Crippen LogP contribution in [-0.4, -0.2) is 52.9 Å². The van der Waals surface area contributed by atoms with Crippen molar-refractivity contribution in [3.8, 4) is 0 Å². The van der Waals surface area contributed by atoms with Crippen LogP contribution in [0.25, 0.3) is 10.2 Å². The Bertz CT molecular complexity index is 1130. The van der Waals surface area contributed by atoms with Crippen LogP contribution in [0.2, 0.25) is 10.0 Å². The molecular formula is C21H21Cl2N5OS. The van der Waals surface area contributed by atoms with Gasteiger partial charge in [0.15, 0.2) is 0 Å². The summed E-state index contributed by atoms with van der Waals surface area (Å²) >= 11 is 13.8. The van der Waals surface area contributed by atoms with Gasteiger partial charge in [0, 0.05) is 29.7 Å². The predicted molar refractivity (Wildman–Crippen MR) is 124 cm³/mol. The number of carbonyl (C=O) groups excluding carboxylic acids is 1. The van der Waals surface area contributed by atoms with Gasteiger partial charge in [0.1, 0.15) is 17.0 Å². The van der Waals surface area contributed by atoms with E-state index >= 15 is 0 Å². The van der Waals surface area contributed by atoms with Gasteiger partial charge in [-0.05, 0) is 44.3 Å². The monoisotopic (exact) mass is 461 g/mol. The average Bonchev–Trinajstić information content (AvgIpc) is 3.09. The number of halogens is 2. The zero-order valence-corrected chi connectivity index (χ0v) is 19.0. The summed E-state index contributed by atoms with van der Waals surface area (Å²) in [6, 6.07) is 5.39. The number of amides is 1. The predicted octanol–water partition coefficient (Wildman–Crippen LogP) is 4.74. The maximum Gasteiger partial charge on any atom is 0.246 e. The first-order valence-electron chi connectivity index (χ1n) is 9.50. The van der Waals surface area contributed by atoms with Crippen molar-refractivity contribution >= 4 is 62.2 Å². The number of thiophene rings is 1. The van der Waals surface area contributed by atoms with Gasteiger partial charge >= 0.3 is 0 Å². The summed E-state index contributed by atoms with van der Waals surface area (Å²) in [7, 11) is 3.95. The normalized spacial score (nSPS) is 14.0. The van der Waals surface area contributed by atoms with Gasteiger partial charge in [-0.15, -0.1) is 11.3 Å². The summed E-state index contributed by atoms with van der Waals surface area (Å²) in [6.07, 6.45) is 5.88. The number of nitrogens with zero attached hydrogens (tertiary/aromatic N) is 4. The van der Waals surface area contributed by atoms with Crippen molar-refractivity contribution in [2.75, 3.05) is 32.5 Å². The van der Waals surface area contributed by atoms with Crippen LogP contribution in [-0.2, 0) is 17.8 Å². The van der Waals surface area contributed by atoms with Crippen LogP contribution in [0.4, 0.5) is 11.5 Å². The van der Waals surface area contributed by atoms with Gasteiger partial charge in [0.2, 0.25) is 5.91 Å². The number of nitrogens with one attached hydrogen (secondary N) is 1. The molecule has 1 N–H and O–H groups in total. The lowest BCUT2D eigenvalue weighted by atomic mass is 10.0. The smallest absolute Gasteiger partial charge is 0.246 e. The van der Waals surface area contributed by atoms with E-state index in [1.165, 1.54) is 5.56 Å². The largest absolute Gasteiger partial charge is 0.340 e. The third-order valence-corrected chi connectivity index (χ3v) is 6.73. The maximum absolute atomic E-state index is 12.5. The van der Waals surface area contributed by atoms with Crippen LogP contribution in [0, 0.1) is 0 Å². The molecule has 0 aliphatic carbocycles. The second kappa shape index (κ2) is 8.89. The molecule has 6 nitrogen and oxygen atoms in total. The third-order valence-electron chi connectivity index (χ3n) is 4.86. The highest BCUT2D eigenvalue weighted by atomic mass is 35.5. The van der Waals surface area contributed by atoms with Gasteiger partial charge in [-0.3, -0.25) is 4.79 Å². The molecule has 0 unspecified atom stereocenters. The van der Waals surface area contributed by atoms with Crippen LogP contribution in [0.15, 0.2) is 36.7 Å². The summed E-state index contributed by atoms with van der Waals surface area (Å²) in [5.74, 6) is 0.779. The van der Waals surface area contributed by atoms with Crippen LogP contribution >= 0.6 is 34.5 Å². The summed E-state index contributed by atoms with van der Waals surface area (Å²) in [4.78, 5) is 27.4. The molecule has 156 valence electrons. The highest BCUT2D eigenvalue weighted by molar-refractivity contribution is 7.19. The van der Waals surface area contributed by atoms with E-state index in [4.69, 9.17) is 23.2 Å². The molecule has 4 rings (SSSR count). The van der Waals surface area contributed by atoms with E-state index in [0.717, 1.165) is 39.6 Å². The van der Waals surface area contributed by atoms with E-state index in [2.05, 4.69) is 15.3 Å². The molecule has 3 heterocycles. The maximum atomic E-state index is 12.5. The summed E-state index contributed by atoms with van der Waals surface area (Å²) in [5.41, 5.74) is 2.02. The molecule has 1 aliphatic heterocycles. The van der Waals surface area contributed by atoms with E-state index in [1.807, 2.05) is 36.0 Å². The molecular weight excluding hydrogens is 441 g/mol. The average molecular weight is 462 g/mol. The number of hydrogen-bond acceptors (Lipinski definition) is 6. The van der Waals surface area contributed by atoms with Crippen molar-refractivity contribution in [3.05, 3.63) is 57.2 Å². The van der Waals surface area contributed by atoms with E-state index in [-0.39, 0.29) is 5.91 Å². The number of aromatic nitrogens is 2. The van der Waals surface area contributed by atoms with Crippen molar-refractivity contribution in [3.63, 3.8) is 0 Å². The fourth-order valence-electron chi connectivity index (χ4n) is 3.39. The molecule has 0 bridgehead atoms. The lowest BCUT2D eigenvalue weighted by molar-refractivity contribution is -0.126. The Labute approximate surface area is 189 Å². The number of hydrogen-bond donors (Lipinski definition) is 1. The van der Waals surface area contributed by atoms with Gasteiger partial charge in [0.05, 0.1) is 22.0 Å². The number of anilines is 2. The lowest BCUT2D eigenvalue weighted by Crippen LogP contribution is -2.34. The van der Waals surface area contributed by atoms with Gasteiger partial charge < -0.3 is 15.1 Å². The molecule has 9 heteroatoms. The molecule has 1 aromatic carbocycles. The standard InChI is InChI=1S/C21H21Cl2N5OS/c1-27(2)8-3-4-18(29)28-9-7-14-17(11-28)30-21-19(14)20(24-12-25-21)26-13-5-6-15(22)16(23)10-13/h3-6,10,12H,7-9,11H2,1-2H3,(H,24,25,26)/b4-3+. The quantitative estimate of drug-likeness (QED) is 0.555. The summed E-state index contributed by atoms with van der Waals surface area (Å²) < 4.78 is 0. The highest BCUT2D eigenvalue weighted by Gasteiger charge is 2.25. The molecule has 0 fully saturated rings. The first kappa shape index (κ1) is 21.1. The fourth-order valence-corrected chi connectivity index (χ4v) is 4.89. The second-order valence-corrected chi connectivity index (χ2v) is 9.23. The molecule has 0 saturated heterocycles. The van der Waals surface area contributed by atoms with Crippen molar-refractivity contribution in [2.24, 2.45) is 0 Å². The van der Waals surface area contributed by atoms with Crippen molar-refractivity contribution in [2.45, 2.75) is 13.0 Å². The van der Waals surface area contributed by atoms with E-state index in [1.54, 1.807) is 35.9 Å². The van der Waals surface area contributed by atoms with Gasteiger partial charge in [-0.1, -0.05) is 29.3 Å². The minimum Gasteiger partial charge on any atom is -0.340 e. The molecule has 1 aliphatic rings. The minimum absolute atomic E-state index is 0.0418. The minimum atomic E-state index is 0.0418. The SMILES string of the molecule is CN(C)C/C=C/C(=O)N1CCc2c(sc3ncnc(Nc4ccc(Cl)c(Cl)c4)c23)C1. The summed E-state index contributed by atoms with van der Waals surface area (Å²) in [6.45, 7) is 2.01. The van der Waals surface area contributed by atoms with Crippen LogP contribution in [0.1, 0.15) is 10.4 Å². The Balaban J connectivity index is 1.59. The molecule has 0 spiro atoms. The lowest BCUT2D eigenvalue weighted by Gasteiger charge is -2.26. The Morgan fingerprint density at radius 3 is 2.90 bits per heavy atom. The first-order chi connectivity index (χ1) is 14.4. The number of rotatable bonds is 5. The van der Waals surface area contributed by atoms with E-state index < -0.39 is 0 Å². The second-order valence-electron chi connectivity index (χ2n) is 7.33. The topological polar surface area (TPSA) is 61.4 Å². The number of likely N-dealkylation sites (N-methyl/N-ethyl adjacent to an activating group) is 1. The molecule has 2 aromatic heterocycles. The van der Waals surface area contributed by atoms with Crippen LogP contribution in [0.3, 0.4) is 0 Å². The molecule has 0 saturated carbocycles. The van der Waals surface area contributed by atoms with E-state index in [0.29, 0.717) is 23.1 Å². The molecule has 3 aromatic rings. The Kier molecular flexibility index (Phi) is 6.24. The zero-order chi connectivity index (χ0) is 21.3. The third kappa shape index (κ3) is 4.44. The molecule has 30 heavy (non-hydrogen) atoms. The number of fused-ring (bicyclic) bond motifs is 3. The van der Waals surface area contributed by atoms with Gasteiger partial charge in [-0.25, -0.2) is 9.97 Å².